The monoisotopic (exact) mass is 415 g/mol. The zero-order chi connectivity index (χ0) is 21.5. The molecule has 31 heavy (non-hydrogen) atoms. The summed E-state index contributed by atoms with van der Waals surface area (Å²) in [6, 6.07) is 13.7. The molecular weight excluding hydrogens is 390 g/mol. The summed E-state index contributed by atoms with van der Waals surface area (Å²) in [5, 5.41) is 6.60. The number of methoxy groups -OCH3 is 1. The molecule has 158 valence electrons. The van der Waals surface area contributed by atoms with Gasteiger partial charge in [0.2, 0.25) is 5.95 Å². The summed E-state index contributed by atoms with van der Waals surface area (Å²) in [6.45, 7) is 4.09. The van der Waals surface area contributed by atoms with Gasteiger partial charge in [-0.25, -0.2) is 9.97 Å². The number of carbonyl (C=O) groups excluding carboxylic acids is 1. The van der Waals surface area contributed by atoms with Gasteiger partial charge < -0.3 is 20.3 Å². The SMILES string of the molecule is COc1cc(C=O)cc(/C=C/c2cnc(Nc3ccc(N4CCNCC4)cc3)nc2)c1. The number of rotatable bonds is 7. The summed E-state index contributed by atoms with van der Waals surface area (Å²) in [6.07, 6.45) is 8.11. The first-order valence-corrected chi connectivity index (χ1v) is 10.2. The third kappa shape index (κ3) is 5.46. The molecule has 3 aromatic rings. The molecule has 0 radical (unpaired) electrons. The molecule has 4 rings (SSSR count). The first-order chi connectivity index (χ1) is 15.2. The molecule has 2 heterocycles. The Morgan fingerprint density at radius 2 is 1.65 bits per heavy atom. The van der Waals surface area contributed by atoms with E-state index in [1.165, 1.54) is 5.69 Å². The standard InChI is InChI=1S/C24H25N5O2/c1-31-23-13-18(12-20(14-23)17-30)2-3-19-15-26-24(27-16-19)28-21-4-6-22(7-5-21)29-10-8-25-9-11-29/h2-7,12-17,25H,8-11H2,1H3,(H,26,27,28)/b3-2+. The Labute approximate surface area is 181 Å². The van der Waals surface area contributed by atoms with E-state index >= 15 is 0 Å². The molecule has 1 aromatic heterocycles. The van der Waals surface area contributed by atoms with E-state index in [0.717, 1.165) is 49.3 Å². The Bertz CT molecular complexity index is 1040. The fraction of sp³-hybridized carbons (Fsp3) is 0.208. The maximum absolute atomic E-state index is 11.1. The lowest BCUT2D eigenvalue weighted by Crippen LogP contribution is -2.43. The van der Waals surface area contributed by atoms with Crippen LogP contribution in [0.25, 0.3) is 12.2 Å². The van der Waals surface area contributed by atoms with Gasteiger partial charge in [0, 0.05) is 61.1 Å². The number of nitrogens with one attached hydrogen (secondary N) is 2. The van der Waals surface area contributed by atoms with Crippen LogP contribution in [0.3, 0.4) is 0 Å². The molecule has 1 aliphatic rings. The van der Waals surface area contributed by atoms with Crippen LogP contribution in [0.4, 0.5) is 17.3 Å². The predicted molar refractivity (Wildman–Crippen MR) is 124 cm³/mol. The minimum Gasteiger partial charge on any atom is -0.497 e. The van der Waals surface area contributed by atoms with E-state index in [0.29, 0.717) is 17.3 Å². The van der Waals surface area contributed by atoms with Crippen molar-refractivity contribution in [3.05, 3.63) is 71.5 Å². The second-order valence-corrected chi connectivity index (χ2v) is 7.24. The molecule has 0 bridgehead atoms. The van der Waals surface area contributed by atoms with Crippen LogP contribution in [-0.2, 0) is 0 Å². The number of hydrogen-bond acceptors (Lipinski definition) is 7. The summed E-state index contributed by atoms with van der Waals surface area (Å²) in [7, 11) is 1.58. The summed E-state index contributed by atoms with van der Waals surface area (Å²) < 4.78 is 5.23. The average molecular weight is 415 g/mol. The fourth-order valence-electron chi connectivity index (χ4n) is 3.42. The highest BCUT2D eigenvalue weighted by atomic mass is 16.5. The van der Waals surface area contributed by atoms with Crippen molar-refractivity contribution < 1.29 is 9.53 Å². The van der Waals surface area contributed by atoms with Crippen molar-refractivity contribution in [1.82, 2.24) is 15.3 Å². The second kappa shape index (κ2) is 9.86. The molecule has 2 aromatic carbocycles. The van der Waals surface area contributed by atoms with Gasteiger partial charge >= 0.3 is 0 Å². The predicted octanol–water partition coefficient (Wildman–Crippen LogP) is 3.62. The zero-order valence-corrected chi connectivity index (χ0v) is 17.4. The van der Waals surface area contributed by atoms with Crippen LogP contribution in [0.1, 0.15) is 21.5 Å². The van der Waals surface area contributed by atoms with Gasteiger partial charge in [-0.2, -0.15) is 0 Å². The van der Waals surface area contributed by atoms with E-state index in [4.69, 9.17) is 4.74 Å². The van der Waals surface area contributed by atoms with Crippen molar-refractivity contribution in [2.45, 2.75) is 0 Å². The molecule has 1 fully saturated rings. The fourth-order valence-corrected chi connectivity index (χ4v) is 3.42. The average Bonchev–Trinajstić information content (AvgIpc) is 2.84. The molecule has 0 spiro atoms. The molecule has 0 amide bonds. The van der Waals surface area contributed by atoms with Crippen molar-refractivity contribution >= 4 is 35.8 Å². The molecule has 0 aliphatic carbocycles. The first-order valence-electron chi connectivity index (χ1n) is 10.2. The second-order valence-electron chi connectivity index (χ2n) is 7.24. The number of ether oxygens (including phenoxy) is 1. The molecule has 7 nitrogen and oxygen atoms in total. The Hall–Kier alpha value is -3.71. The van der Waals surface area contributed by atoms with E-state index in [-0.39, 0.29) is 0 Å². The summed E-state index contributed by atoms with van der Waals surface area (Å²) >= 11 is 0. The van der Waals surface area contributed by atoms with Crippen molar-refractivity contribution in [2.75, 3.05) is 43.5 Å². The maximum atomic E-state index is 11.1. The number of piperazine rings is 1. The van der Waals surface area contributed by atoms with Gasteiger partial charge in [-0.3, -0.25) is 4.79 Å². The maximum Gasteiger partial charge on any atom is 0.227 e. The lowest BCUT2D eigenvalue weighted by Gasteiger charge is -2.29. The summed E-state index contributed by atoms with van der Waals surface area (Å²) in [5.41, 5.74) is 4.46. The van der Waals surface area contributed by atoms with Crippen LogP contribution in [0.2, 0.25) is 0 Å². The highest BCUT2D eigenvalue weighted by molar-refractivity contribution is 5.79. The largest absolute Gasteiger partial charge is 0.497 e. The van der Waals surface area contributed by atoms with Gasteiger partial charge in [0.05, 0.1) is 7.11 Å². The van der Waals surface area contributed by atoms with E-state index in [9.17, 15) is 4.79 Å². The third-order valence-corrected chi connectivity index (χ3v) is 5.07. The number of nitrogens with zero attached hydrogens (tertiary/aromatic N) is 3. The molecule has 7 heteroatoms. The van der Waals surface area contributed by atoms with Crippen molar-refractivity contribution in [3.8, 4) is 5.75 Å². The lowest BCUT2D eigenvalue weighted by atomic mass is 10.1. The number of hydrogen-bond donors (Lipinski definition) is 2. The van der Waals surface area contributed by atoms with Crippen molar-refractivity contribution in [3.63, 3.8) is 0 Å². The summed E-state index contributed by atoms with van der Waals surface area (Å²) in [4.78, 5) is 22.2. The number of anilines is 3. The van der Waals surface area contributed by atoms with Crippen molar-refractivity contribution in [1.29, 1.82) is 0 Å². The lowest BCUT2D eigenvalue weighted by molar-refractivity contribution is 0.112. The molecule has 1 aliphatic heterocycles. The minimum atomic E-state index is 0.539. The Balaban J connectivity index is 1.39. The number of carbonyl (C=O) groups is 1. The van der Waals surface area contributed by atoms with Gasteiger partial charge in [-0.1, -0.05) is 12.2 Å². The molecule has 0 unspecified atom stereocenters. The van der Waals surface area contributed by atoms with Crippen LogP contribution >= 0.6 is 0 Å². The Morgan fingerprint density at radius 1 is 0.968 bits per heavy atom. The van der Waals surface area contributed by atoms with Crippen LogP contribution < -0.4 is 20.3 Å². The molecule has 0 saturated carbocycles. The topological polar surface area (TPSA) is 79.4 Å². The van der Waals surface area contributed by atoms with Crippen LogP contribution in [0.5, 0.6) is 5.75 Å². The molecular formula is C24H25N5O2. The molecule has 2 N–H and O–H groups in total. The molecule has 1 saturated heterocycles. The molecule has 0 atom stereocenters. The van der Waals surface area contributed by atoms with Gasteiger partial charge in [0.1, 0.15) is 12.0 Å². The zero-order valence-electron chi connectivity index (χ0n) is 17.4. The minimum absolute atomic E-state index is 0.539. The van der Waals surface area contributed by atoms with E-state index < -0.39 is 0 Å². The van der Waals surface area contributed by atoms with Crippen LogP contribution in [0.15, 0.2) is 54.9 Å². The van der Waals surface area contributed by atoms with E-state index in [1.807, 2.05) is 30.4 Å². The first kappa shape index (κ1) is 20.6. The van der Waals surface area contributed by atoms with Gasteiger partial charge in [0.15, 0.2) is 0 Å². The third-order valence-electron chi connectivity index (χ3n) is 5.07. The highest BCUT2D eigenvalue weighted by Gasteiger charge is 2.10. The van der Waals surface area contributed by atoms with Gasteiger partial charge in [-0.15, -0.1) is 0 Å². The highest BCUT2D eigenvalue weighted by Crippen LogP contribution is 2.21. The van der Waals surface area contributed by atoms with Gasteiger partial charge in [0.25, 0.3) is 0 Å². The van der Waals surface area contributed by atoms with Crippen LogP contribution in [0, 0.1) is 0 Å². The number of aromatic nitrogens is 2. The number of benzene rings is 2. The smallest absolute Gasteiger partial charge is 0.227 e. The van der Waals surface area contributed by atoms with E-state index in [2.05, 4.69) is 37.6 Å². The van der Waals surface area contributed by atoms with Crippen LogP contribution in [-0.4, -0.2) is 49.5 Å². The normalized spacial score (nSPS) is 13.9. The number of aldehydes is 1. The van der Waals surface area contributed by atoms with Crippen molar-refractivity contribution in [2.24, 2.45) is 0 Å². The Kier molecular flexibility index (Phi) is 6.54. The van der Waals surface area contributed by atoms with Gasteiger partial charge in [-0.05, 0) is 48.0 Å². The Morgan fingerprint density at radius 3 is 2.32 bits per heavy atom. The summed E-state index contributed by atoms with van der Waals surface area (Å²) in [5.74, 6) is 1.18. The quantitative estimate of drug-likeness (QED) is 0.571. The van der Waals surface area contributed by atoms with E-state index in [1.54, 1.807) is 31.6 Å².